The molecular formula is C24H32N4O2. The average molecular weight is 409 g/mol. The lowest BCUT2D eigenvalue weighted by atomic mass is 9.75. The summed E-state index contributed by atoms with van der Waals surface area (Å²) in [6, 6.07) is 9.77. The molecule has 2 aliphatic heterocycles. The van der Waals surface area contributed by atoms with Crippen molar-refractivity contribution < 1.29 is 9.53 Å². The standard InChI is InChI=1S/C24H32N4O2/c1-23(2)19-24(9-18-30-23,22(29)21-5-3-4-10-26-21)28-16-14-27(15-17-28)13-8-20-6-11-25-12-7-20/h3-7,10-12H,8-9,13-19H2,1-2H3. The van der Waals surface area contributed by atoms with Crippen molar-refractivity contribution in [2.45, 2.75) is 44.2 Å². The van der Waals surface area contributed by atoms with Crippen molar-refractivity contribution in [1.29, 1.82) is 0 Å². The smallest absolute Gasteiger partial charge is 0.201 e. The maximum absolute atomic E-state index is 13.7. The van der Waals surface area contributed by atoms with Crippen molar-refractivity contribution in [3.8, 4) is 0 Å². The third-order valence-corrected chi connectivity index (χ3v) is 6.49. The normalized spacial score (nSPS) is 25.1. The van der Waals surface area contributed by atoms with Gasteiger partial charge in [0.1, 0.15) is 5.69 Å². The molecule has 0 amide bonds. The fraction of sp³-hybridized carbons (Fsp3) is 0.542. The van der Waals surface area contributed by atoms with Gasteiger partial charge in [0.2, 0.25) is 5.78 Å². The predicted molar refractivity (Wildman–Crippen MR) is 117 cm³/mol. The molecule has 0 N–H and O–H groups in total. The molecule has 1 atom stereocenters. The Kier molecular flexibility index (Phi) is 6.27. The molecule has 0 saturated carbocycles. The second kappa shape index (κ2) is 8.92. The minimum Gasteiger partial charge on any atom is -0.375 e. The molecule has 4 rings (SSSR count). The summed E-state index contributed by atoms with van der Waals surface area (Å²) in [7, 11) is 0. The predicted octanol–water partition coefficient (Wildman–Crippen LogP) is 2.85. The molecule has 6 nitrogen and oxygen atoms in total. The molecule has 0 aliphatic carbocycles. The van der Waals surface area contributed by atoms with Crippen molar-refractivity contribution in [3.05, 3.63) is 60.2 Å². The van der Waals surface area contributed by atoms with Crippen molar-refractivity contribution in [2.24, 2.45) is 0 Å². The van der Waals surface area contributed by atoms with E-state index >= 15 is 0 Å². The van der Waals surface area contributed by atoms with E-state index in [1.807, 2.05) is 30.6 Å². The maximum atomic E-state index is 13.7. The number of rotatable bonds is 6. The summed E-state index contributed by atoms with van der Waals surface area (Å²) >= 11 is 0. The molecule has 160 valence electrons. The average Bonchev–Trinajstić information content (AvgIpc) is 2.78. The Morgan fingerprint density at radius 1 is 1.07 bits per heavy atom. The third kappa shape index (κ3) is 4.61. The van der Waals surface area contributed by atoms with Crippen molar-refractivity contribution in [1.82, 2.24) is 19.8 Å². The van der Waals surface area contributed by atoms with Crippen LogP contribution in [-0.2, 0) is 11.2 Å². The van der Waals surface area contributed by atoms with Gasteiger partial charge in [0.05, 0.1) is 11.1 Å². The van der Waals surface area contributed by atoms with Crippen LogP contribution in [0.1, 0.15) is 42.7 Å². The zero-order chi connectivity index (χ0) is 21.0. The van der Waals surface area contributed by atoms with Crippen LogP contribution in [-0.4, -0.2) is 76.0 Å². The number of ketones is 1. The molecule has 2 aromatic heterocycles. The van der Waals surface area contributed by atoms with Gasteiger partial charge in [0.25, 0.3) is 0 Å². The summed E-state index contributed by atoms with van der Waals surface area (Å²) < 4.78 is 5.99. The van der Waals surface area contributed by atoms with Crippen LogP contribution in [0, 0.1) is 0 Å². The first kappa shape index (κ1) is 21.1. The maximum Gasteiger partial charge on any atom is 0.201 e. The Balaban J connectivity index is 1.46. The second-order valence-corrected chi connectivity index (χ2v) is 9.04. The zero-order valence-corrected chi connectivity index (χ0v) is 18.1. The van der Waals surface area contributed by atoms with E-state index in [1.165, 1.54) is 5.56 Å². The van der Waals surface area contributed by atoms with Gasteiger partial charge in [-0.3, -0.25) is 19.7 Å². The largest absolute Gasteiger partial charge is 0.375 e. The van der Waals surface area contributed by atoms with E-state index in [4.69, 9.17) is 4.74 Å². The fourth-order valence-electron chi connectivity index (χ4n) is 4.92. The van der Waals surface area contributed by atoms with Crippen LogP contribution in [0.2, 0.25) is 0 Å². The van der Waals surface area contributed by atoms with Crippen LogP contribution in [0.3, 0.4) is 0 Å². The molecule has 1 unspecified atom stereocenters. The molecule has 6 heteroatoms. The van der Waals surface area contributed by atoms with Crippen molar-refractivity contribution in [2.75, 3.05) is 39.3 Å². The van der Waals surface area contributed by atoms with Crippen molar-refractivity contribution >= 4 is 5.78 Å². The summed E-state index contributed by atoms with van der Waals surface area (Å²) in [6.07, 6.45) is 7.87. The van der Waals surface area contributed by atoms with E-state index in [9.17, 15) is 4.79 Å². The molecule has 2 saturated heterocycles. The number of ether oxygens (including phenoxy) is 1. The van der Waals surface area contributed by atoms with Gasteiger partial charge in [0.15, 0.2) is 0 Å². The van der Waals surface area contributed by atoms with Gasteiger partial charge in [-0.25, -0.2) is 0 Å². The Bertz CT molecular complexity index is 835. The SMILES string of the molecule is CC1(C)CC(C(=O)c2ccccn2)(N2CCN(CCc3ccncc3)CC2)CCO1. The highest BCUT2D eigenvalue weighted by Crippen LogP contribution is 2.39. The number of nitrogens with zero attached hydrogens (tertiary/aromatic N) is 4. The molecule has 0 radical (unpaired) electrons. The molecular weight excluding hydrogens is 376 g/mol. The summed E-state index contributed by atoms with van der Waals surface area (Å²) in [6.45, 7) is 9.57. The number of carbonyl (C=O) groups excluding carboxylic acids is 1. The quantitative estimate of drug-likeness (QED) is 0.685. The van der Waals surface area contributed by atoms with E-state index in [0.717, 1.165) is 45.6 Å². The number of hydrogen-bond donors (Lipinski definition) is 0. The Morgan fingerprint density at radius 3 is 2.50 bits per heavy atom. The molecule has 30 heavy (non-hydrogen) atoms. The van der Waals surface area contributed by atoms with Gasteiger partial charge in [-0.05, 0) is 56.5 Å². The van der Waals surface area contributed by atoms with E-state index in [1.54, 1.807) is 6.20 Å². The Hall–Kier alpha value is -2.15. The number of aromatic nitrogens is 2. The van der Waals surface area contributed by atoms with Crippen LogP contribution in [0.15, 0.2) is 48.9 Å². The summed E-state index contributed by atoms with van der Waals surface area (Å²) in [5, 5.41) is 0. The molecule has 0 spiro atoms. The van der Waals surface area contributed by atoms with Crippen molar-refractivity contribution in [3.63, 3.8) is 0 Å². The Labute approximate surface area is 179 Å². The highest BCUT2D eigenvalue weighted by atomic mass is 16.5. The monoisotopic (exact) mass is 408 g/mol. The van der Waals surface area contributed by atoms with Gasteiger partial charge in [-0.15, -0.1) is 0 Å². The molecule has 0 aromatic carbocycles. The summed E-state index contributed by atoms with van der Waals surface area (Å²) in [5.41, 5.74) is 1.03. The van der Waals surface area contributed by atoms with Crippen LogP contribution >= 0.6 is 0 Å². The molecule has 2 aromatic rings. The molecule has 0 bridgehead atoms. The minimum absolute atomic E-state index is 0.143. The number of carbonyl (C=O) groups is 1. The zero-order valence-electron chi connectivity index (χ0n) is 18.1. The number of piperazine rings is 1. The number of Topliss-reactive ketones (excluding diaryl/α,β-unsaturated/α-hetero) is 1. The fourth-order valence-corrected chi connectivity index (χ4v) is 4.92. The van der Waals surface area contributed by atoms with Gasteiger partial charge < -0.3 is 9.64 Å². The highest BCUT2D eigenvalue weighted by molar-refractivity contribution is 6.02. The first-order chi connectivity index (χ1) is 14.5. The topological polar surface area (TPSA) is 58.6 Å². The third-order valence-electron chi connectivity index (χ3n) is 6.49. The number of hydrogen-bond acceptors (Lipinski definition) is 6. The molecule has 2 fully saturated rings. The van der Waals surface area contributed by atoms with E-state index in [2.05, 4.69) is 45.7 Å². The van der Waals surface area contributed by atoms with Crippen LogP contribution < -0.4 is 0 Å². The van der Waals surface area contributed by atoms with Gasteiger partial charge >= 0.3 is 0 Å². The highest BCUT2D eigenvalue weighted by Gasteiger charge is 2.51. The van der Waals surface area contributed by atoms with E-state index in [-0.39, 0.29) is 11.4 Å². The van der Waals surface area contributed by atoms with Crippen LogP contribution in [0.25, 0.3) is 0 Å². The lowest BCUT2D eigenvalue weighted by Gasteiger charge is -2.52. The van der Waals surface area contributed by atoms with E-state index < -0.39 is 5.54 Å². The lowest BCUT2D eigenvalue weighted by molar-refractivity contribution is -0.113. The summed E-state index contributed by atoms with van der Waals surface area (Å²) in [5.74, 6) is 0.143. The number of pyridine rings is 2. The Morgan fingerprint density at radius 2 is 1.83 bits per heavy atom. The lowest BCUT2D eigenvalue weighted by Crippen LogP contribution is -2.65. The van der Waals surface area contributed by atoms with Gasteiger partial charge in [0, 0.05) is 64.3 Å². The van der Waals surface area contributed by atoms with Gasteiger partial charge in [-0.2, -0.15) is 0 Å². The van der Waals surface area contributed by atoms with Crippen LogP contribution in [0.4, 0.5) is 0 Å². The molecule has 2 aliphatic rings. The first-order valence-electron chi connectivity index (χ1n) is 10.9. The minimum atomic E-state index is -0.534. The molecule has 4 heterocycles. The summed E-state index contributed by atoms with van der Waals surface area (Å²) in [4.78, 5) is 27.1. The first-order valence-corrected chi connectivity index (χ1v) is 10.9. The second-order valence-electron chi connectivity index (χ2n) is 9.04. The van der Waals surface area contributed by atoms with Crippen LogP contribution in [0.5, 0.6) is 0 Å². The van der Waals surface area contributed by atoms with E-state index in [0.29, 0.717) is 18.7 Å². The van der Waals surface area contributed by atoms with Gasteiger partial charge in [-0.1, -0.05) is 6.07 Å².